The molecular weight excluding hydrogens is 591 g/mol. The van der Waals surface area contributed by atoms with Crippen molar-refractivity contribution in [2.45, 2.75) is 90.4 Å². The molecule has 2 atom stereocenters. The summed E-state index contributed by atoms with van der Waals surface area (Å²) in [4.78, 5) is 56.8. The first-order chi connectivity index (χ1) is 22.0. The molecule has 4 N–H and O–H groups in total. The van der Waals surface area contributed by atoms with Crippen molar-refractivity contribution in [3.63, 3.8) is 0 Å². The molecule has 2 aliphatic rings. The summed E-state index contributed by atoms with van der Waals surface area (Å²) in [6, 6.07) is 3.66. The van der Waals surface area contributed by atoms with Gasteiger partial charge in [0.1, 0.15) is 23.6 Å². The highest BCUT2D eigenvalue weighted by atomic mass is 19.1. The van der Waals surface area contributed by atoms with Gasteiger partial charge in [0.15, 0.2) is 0 Å². The Morgan fingerprint density at radius 2 is 1.65 bits per heavy atom. The molecule has 46 heavy (non-hydrogen) atoms. The molecule has 0 radical (unpaired) electrons. The van der Waals surface area contributed by atoms with E-state index in [1.54, 1.807) is 27.9 Å². The molecule has 0 bridgehead atoms. The third-order valence-electron chi connectivity index (χ3n) is 8.76. The molecule has 2 fully saturated rings. The van der Waals surface area contributed by atoms with E-state index in [0.29, 0.717) is 30.9 Å². The third-order valence-corrected chi connectivity index (χ3v) is 8.76. The molecule has 1 saturated heterocycles. The van der Waals surface area contributed by atoms with Crippen LogP contribution in [0.4, 0.5) is 14.9 Å². The Morgan fingerprint density at radius 1 is 0.957 bits per heavy atom. The van der Waals surface area contributed by atoms with Crippen LogP contribution in [0.25, 0.3) is 0 Å². The third kappa shape index (κ3) is 9.51. The number of rotatable bonds is 11. The first-order valence-corrected chi connectivity index (χ1v) is 16.5. The minimum Gasteiger partial charge on any atom is -0.339 e. The molecule has 5 amide bonds. The van der Waals surface area contributed by atoms with E-state index in [2.05, 4.69) is 31.3 Å². The number of anilines is 1. The van der Waals surface area contributed by atoms with E-state index in [4.69, 9.17) is 0 Å². The van der Waals surface area contributed by atoms with Gasteiger partial charge in [-0.05, 0) is 70.3 Å². The van der Waals surface area contributed by atoms with Gasteiger partial charge < -0.3 is 31.1 Å². The number of piperazine rings is 1. The Hall–Kier alpha value is -4.00. The van der Waals surface area contributed by atoms with Crippen LogP contribution in [0.15, 0.2) is 30.5 Å². The first-order valence-electron chi connectivity index (χ1n) is 16.5. The summed E-state index contributed by atoms with van der Waals surface area (Å²) < 4.78 is 17.1. The zero-order valence-corrected chi connectivity index (χ0v) is 27.5. The van der Waals surface area contributed by atoms with Gasteiger partial charge in [0, 0.05) is 51.4 Å². The number of aromatic nitrogens is 2. The number of halogens is 1. The Labute approximate surface area is 270 Å². The average Bonchev–Trinajstić information content (AvgIpc) is 3.35. The lowest BCUT2D eigenvalue weighted by Crippen LogP contribution is -2.56. The van der Waals surface area contributed by atoms with Gasteiger partial charge in [-0.15, -0.1) is 0 Å². The summed E-state index contributed by atoms with van der Waals surface area (Å²) in [5, 5.41) is 15.3. The van der Waals surface area contributed by atoms with Crippen molar-refractivity contribution in [2.24, 2.45) is 5.92 Å². The maximum absolute atomic E-state index is 15.5. The average molecular weight is 641 g/mol. The molecule has 2 aromatic rings. The normalized spacial score (nSPS) is 17.6. The second-order valence-corrected chi connectivity index (χ2v) is 12.7. The highest BCUT2D eigenvalue weighted by Gasteiger charge is 2.32. The highest BCUT2D eigenvalue weighted by molar-refractivity contribution is 6.00. The lowest BCUT2D eigenvalue weighted by atomic mass is 9.91. The fourth-order valence-electron chi connectivity index (χ4n) is 6.18. The van der Waals surface area contributed by atoms with E-state index in [9.17, 15) is 19.2 Å². The molecule has 1 aromatic heterocycles. The van der Waals surface area contributed by atoms with Crippen molar-refractivity contribution < 1.29 is 23.6 Å². The fourth-order valence-corrected chi connectivity index (χ4v) is 6.18. The summed E-state index contributed by atoms with van der Waals surface area (Å²) in [5.74, 6) is -1.86. The van der Waals surface area contributed by atoms with Gasteiger partial charge in [0.2, 0.25) is 11.8 Å². The molecule has 1 saturated carbocycles. The monoisotopic (exact) mass is 640 g/mol. The van der Waals surface area contributed by atoms with Crippen molar-refractivity contribution in [1.82, 2.24) is 35.5 Å². The number of aryl methyl sites for hydroxylation is 1. The van der Waals surface area contributed by atoms with Crippen LogP contribution in [-0.2, 0) is 22.6 Å². The van der Waals surface area contributed by atoms with Gasteiger partial charge in [-0.25, -0.2) is 9.18 Å². The van der Waals surface area contributed by atoms with Crippen molar-refractivity contribution in [3.05, 3.63) is 47.5 Å². The zero-order valence-electron chi connectivity index (χ0n) is 27.5. The van der Waals surface area contributed by atoms with Gasteiger partial charge in [-0.2, -0.15) is 5.10 Å². The molecule has 252 valence electrons. The van der Waals surface area contributed by atoms with E-state index in [-0.39, 0.29) is 30.0 Å². The van der Waals surface area contributed by atoms with E-state index >= 15 is 4.39 Å². The molecule has 13 heteroatoms. The molecule has 4 rings (SSSR count). The van der Waals surface area contributed by atoms with Crippen molar-refractivity contribution in [1.29, 1.82) is 0 Å². The number of likely N-dealkylation sites (N-methyl/N-ethyl adjacent to an activating group) is 1. The Morgan fingerprint density at radius 3 is 2.28 bits per heavy atom. The van der Waals surface area contributed by atoms with Gasteiger partial charge in [0.25, 0.3) is 5.91 Å². The van der Waals surface area contributed by atoms with Crippen LogP contribution in [0.1, 0.15) is 75.3 Å². The van der Waals surface area contributed by atoms with E-state index in [0.717, 1.165) is 51.6 Å². The number of benzene rings is 1. The number of hydrogen-bond donors (Lipinski definition) is 4. The minimum atomic E-state index is -0.895. The van der Waals surface area contributed by atoms with E-state index in [1.165, 1.54) is 12.1 Å². The van der Waals surface area contributed by atoms with Crippen molar-refractivity contribution in [2.75, 3.05) is 38.5 Å². The number of nitrogens with one attached hydrogen (secondary N) is 4. The van der Waals surface area contributed by atoms with Crippen LogP contribution in [0.2, 0.25) is 0 Å². The largest absolute Gasteiger partial charge is 0.339 e. The number of carbonyl (C=O) groups is 4. The summed E-state index contributed by atoms with van der Waals surface area (Å²) in [6.45, 7) is 8.57. The van der Waals surface area contributed by atoms with Crippen LogP contribution < -0.4 is 21.3 Å². The lowest BCUT2D eigenvalue weighted by Gasteiger charge is -2.35. The number of amides is 5. The van der Waals surface area contributed by atoms with Crippen molar-refractivity contribution >= 4 is 29.4 Å². The Balaban J connectivity index is 1.49. The fraction of sp³-hybridized carbons (Fsp3) is 0.606. The quantitative estimate of drug-likeness (QED) is 0.278. The molecule has 2 heterocycles. The predicted octanol–water partition coefficient (Wildman–Crippen LogP) is 3.14. The van der Waals surface area contributed by atoms with Gasteiger partial charge in [-0.1, -0.05) is 31.7 Å². The topological polar surface area (TPSA) is 141 Å². The summed E-state index contributed by atoms with van der Waals surface area (Å²) in [7, 11) is 1.99. The first kappa shape index (κ1) is 34.9. The Bertz CT molecular complexity index is 1350. The standard InChI is InChI=1S/C33H49FN8O4/c1-5-42-28(14-15-35-42)30(43)39-29(24-10-8-6-7-9-11-24)31(44)37-26-13-12-23(20-25(26)34)21-27(38-33(46)36-22(2)3)32(45)41-18-16-40(4)17-19-41/h12-15,20,22,24,27,29H,5-11,16-19,21H2,1-4H3,(H,37,44)(H,39,43)(H2,36,38,46)/t27-,29+/m1/s1. The van der Waals surface area contributed by atoms with Crippen LogP contribution in [0, 0.1) is 11.7 Å². The van der Waals surface area contributed by atoms with Crippen LogP contribution >= 0.6 is 0 Å². The van der Waals surface area contributed by atoms with Crippen LogP contribution in [0.5, 0.6) is 0 Å². The zero-order chi connectivity index (χ0) is 33.2. The Kier molecular flexibility index (Phi) is 12.5. The van der Waals surface area contributed by atoms with Gasteiger partial charge >= 0.3 is 6.03 Å². The number of urea groups is 1. The SMILES string of the molecule is CCn1nccc1C(=O)N[C@H](C(=O)Nc1ccc(C[C@@H](NC(=O)NC(C)C)C(=O)N2CCN(C)CC2)cc1F)C1CCCCCC1. The molecule has 0 unspecified atom stereocenters. The second kappa shape index (κ2) is 16.5. The maximum atomic E-state index is 15.5. The summed E-state index contributed by atoms with van der Waals surface area (Å²) in [5.41, 5.74) is 0.836. The smallest absolute Gasteiger partial charge is 0.315 e. The summed E-state index contributed by atoms with van der Waals surface area (Å²) in [6.07, 6.45) is 7.25. The van der Waals surface area contributed by atoms with Crippen LogP contribution in [0.3, 0.4) is 0 Å². The number of hydrogen-bond acceptors (Lipinski definition) is 6. The van der Waals surface area contributed by atoms with Crippen molar-refractivity contribution in [3.8, 4) is 0 Å². The number of nitrogens with zero attached hydrogens (tertiary/aromatic N) is 4. The summed E-state index contributed by atoms with van der Waals surface area (Å²) >= 11 is 0. The molecule has 1 aromatic carbocycles. The van der Waals surface area contributed by atoms with Gasteiger partial charge in [-0.3, -0.25) is 19.1 Å². The molecule has 1 aliphatic carbocycles. The highest BCUT2D eigenvalue weighted by Crippen LogP contribution is 2.27. The predicted molar refractivity (Wildman–Crippen MR) is 174 cm³/mol. The number of carbonyl (C=O) groups excluding carboxylic acids is 4. The molecule has 1 aliphatic heterocycles. The minimum absolute atomic E-state index is 0.0207. The van der Waals surface area contributed by atoms with Gasteiger partial charge in [0.05, 0.1) is 5.69 Å². The lowest BCUT2D eigenvalue weighted by molar-refractivity contribution is -0.134. The maximum Gasteiger partial charge on any atom is 0.315 e. The van der Waals surface area contributed by atoms with E-state index < -0.39 is 35.7 Å². The molecular formula is C33H49FN8O4. The molecule has 0 spiro atoms. The second-order valence-electron chi connectivity index (χ2n) is 12.7. The molecule has 12 nitrogen and oxygen atoms in total. The van der Waals surface area contributed by atoms with Crippen LogP contribution in [-0.4, -0.2) is 94.7 Å². The van der Waals surface area contributed by atoms with E-state index in [1.807, 2.05) is 27.8 Å².